The number of hydrogen-bond donors (Lipinski definition) is 1. The van der Waals surface area contributed by atoms with Crippen molar-refractivity contribution in [2.75, 3.05) is 6.54 Å². The van der Waals surface area contributed by atoms with Crippen LogP contribution in [0.25, 0.3) is 11.0 Å². The van der Waals surface area contributed by atoms with Crippen LogP contribution in [0.5, 0.6) is 0 Å². The minimum absolute atomic E-state index is 0.00411. The lowest BCUT2D eigenvalue weighted by Crippen LogP contribution is -2.36. The predicted molar refractivity (Wildman–Crippen MR) is 99.7 cm³/mol. The minimum atomic E-state index is -0.00411. The highest BCUT2D eigenvalue weighted by Gasteiger charge is 2.26. The van der Waals surface area contributed by atoms with Crippen molar-refractivity contribution in [3.05, 3.63) is 64.9 Å². The van der Waals surface area contributed by atoms with E-state index in [1.165, 1.54) is 0 Å². The Balaban J connectivity index is 1.38. The molecule has 0 saturated carbocycles. The maximum absolute atomic E-state index is 12.5. The van der Waals surface area contributed by atoms with Gasteiger partial charge in [0.1, 0.15) is 5.82 Å². The molecule has 1 unspecified atom stereocenters. The first-order chi connectivity index (χ1) is 12.2. The topological polar surface area (TPSA) is 46.9 Å². The summed E-state index contributed by atoms with van der Waals surface area (Å²) in [5.41, 5.74) is 3.24. The van der Waals surface area contributed by atoms with Gasteiger partial charge in [0.25, 0.3) is 0 Å². The standard InChI is InChI=1S/C20H20ClN3O/c21-16-6-2-1-5-14(16)9-11-22-20(25)15-10-12-24-18-8-4-3-7-17(18)23-19(24)13-15/h1-8,15H,9-13H2,(H,22,25). The first-order valence-corrected chi connectivity index (χ1v) is 9.05. The molecule has 1 N–H and O–H groups in total. The summed E-state index contributed by atoms with van der Waals surface area (Å²) >= 11 is 6.16. The molecule has 128 valence electrons. The van der Waals surface area contributed by atoms with Crippen LogP contribution in [0, 0.1) is 5.92 Å². The Labute approximate surface area is 151 Å². The molecule has 4 nitrogen and oxygen atoms in total. The van der Waals surface area contributed by atoms with E-state index in [9.17, 15) is 4.79 Å². The van der Waals surface area contributed by atoms with Crippen molar-refractivity contribution in [3.63, 3.8) is 0 Å². The van der Waals surface area contributed by atoms with E-state index >= 15 is 0 Å². The fourth-order valence-corrected chi connectivity index (χ4v) is 3.76. The van der Waals surface area contributed by atoms with E-state index in [0.717, 1.165) is 46.8 Å². The van der Waals surface area contributed by atoms with E-state index in [-0.39, 0.29) is 11.8 Å². The summed E-state index contributed by atoms with van der Waals surface area (Å²) in [6.07, 6.45) is 2.30. The zero-order valence-corrected chi connectivity index (χ0v) is 14.7. The number of aromatic nitrogens is 2. The molecule has 25 heavy (non-hydrogen) atoms. The molecule has 1 atom stereocenters. The van der Waals surface area contributed by atoms with Crippen LogP contribution in [0.15, 0.2) is 48.5 Å². The van der Waals surface area contributed by atoms with Gasteiger partial charge in [0.05, 0.1) is 11.0 Å². The van der Waals surface area contributed by atoms with E-state index in [1.807, 2.05) is 42.5 Å². The third-order valence-electron chi connectivity index (χ3n) is 4.89. The molecule has 0 aliphatic carbocycles. The van der Waals surface area contributed by atoms with Crippen LogP contribution in [0.2, 0.25) is 5.02 Å². The van der Waals surface area contributed by atoms with Crippen LogP contribution >= 0.6 is 11.6 Å². The normalized spacial score (nSPS) is 16.6. The van der Waals surface area contributed by atoms with E-state index in [4.69, 9.17) is 16.6 Å². The van der Waals surface area contributed by atoms with Gasteiger partial charge in [-0.1, -0.05) is 41.9 Å². The average molecular weight is 354 g/mol. The van der Waals surface area contributed by atoms with Gasteiger partial charge in [-0.05, 0) is 36.6 Å². The number of imidazole rings is 1. The lowest BCUT2D eigenvalue weighted by Gasteiger charge is -2.23. The fourth-order valence-electron chi connectivity index (χ4n) is 3.53. The zero-order valence-electron chi connectivity index (χ0n) is 13.9. The number of nitrogens with one attached hydrogen (secondary N) is 1. The molecular weight excluding hydrogens is 334 g/mol. The van der Waals surface area contributed by atoms with Gasteiger partial charge in [-0.15, -0.1) is 0 Å². The average Bonchev–Trinajstić information content (AvgIpc) is 3.01. The number of amides is 1. The quantitative estimate of drug-likeness (QED) is 0.778. The van der Waals surface area contributed by atoms with E-state index in [2.05, 4.69) is 16.0 Å². The van der Waals surface area contributed by atoms with Gasteiger partial charge in [0.15, 0.2) is 0 Å². The second-order valence-corrected chi connectivity index (χ2v) is 6.90. The number of benzene rings is 2. The second-order valence-electron chi connectivity index (χ2n) is 6.49. The van der Waals surface area contributed by atoms with Crippen molar-refractivity contribution in [1.29, 1.82) is 0 Å². The smallest absolute Gasteiger partial charge is 0.223 e. The zero-order chi connectivity index (χ0) is 17.2. The summed E-state index contributed by atoms with van der Waals surface area (Å²) in [5, 5.41) is 3.81. The molecule has 1 aliphatic rings. The molecule has 0 radical (unpaired) electrons. The third kappa shape index (κ3) is 3.27. The van der Waals surface area contributed by atoms with Crippen LogP contribution in [-0.4, -0.2) is 22.0 Å². The molecule has 2 aromatic carbocycles. The van der Waals surface area contributed by atoms with Crippen molar-refractivity contribution in [2.45, 2.75) is 25.8 Å². The number of halogens is 1. The number of nitrogens with zero attached hydrogens (tertiary/aromatic N) is 2. The number of rotatable bonds is 4. The lowest BCUT2D eigenvalue weighted by molar-refractivity contribution is -0.125. The van der Waals surface area contributed by atoms with E-state index < -0.39 is 0 Å². The largest absolute Gasteiger partial charge is 0.356 e. The van der Waals surface area contributed by atoms with Crippen LogP contribution in [-0.2, 0) is 24.2 Å². The van der Waals surface area contributed by atoms with Gasteiger partial charge in [-0.2, -0.15) is 0 Å². The molecule has 2 heterocycles. The van der Waals surface area contributed by atoms with Crippen LogP contribution in [0.3, 0.4) is 0 Å². The molecule has 3 aromatic rings. The maximum atomic E-state index is 12.5. The summed E-state index contributed by atoms with van der Waals surface area (Å²) in [5.74, 6) is 1.12. The van der Waals surface area contributed by atoms with Gasteiger partial charge < -0.3 is 9.88 Å². The monoisotopic (exact) mass is 353 g/mol. The molecule has 0 saturated heterocycles. The van der Waals surface area contributed by atoms with Gasteiger partial charge in [0, 0.05) is 30.5 Å². The molecule has 5 heteroatoms. The second kappa shape index (κ2) is 6.89. The Bertz CT molecular complexity index is 918. The number of hydrogen-bond acceptors (Lipinski definition) is 2. The van der Waals surface area contributed by atoms with Gasteiger partial charge in [0.2, 0.25) is 5.91 Å². The van der Waals surface area contributed by atoms with E-state index in [1.54, 1.807) is 0 Å². The summed E-state index contributed by atoms with van der Waals surface area (Å²) in [7, 11) is 0. The molecule has 0 bridgehead atoms. The maximum Gasteiger partial charge on any atom is 0.223 e. The highest BCUT2D eigenvalue weighted by molar-refractivity contribution is 6.31. The molecule has 4 rings (SSSR count). The van der Waals surface area contributed by atoms with Gasteiger partial charge >= 0.3 is 0 Å². The third-order valence-corrected chi connectivity index (χ3v) is 5.25. The van der Waals surface area contributed by atoms with Crippen molar-refractivity contribution in [3.8, 4) is 0 Å². The highest BCUT2D eigenvalue weighted by atomic mass is 35.5. The molecule has 0 spiro atoms. The lowest BCUT2D eigenvalue weighted by atomic mass is 9.96. The minimum Gasteiger partial charge on any atom is -0.356 e. The number of carbonyl (C=O) groups excluding carboxylic acids is 1. The number of carbonyl (C=O) groups is 1. The van der Waals surface area contributed by atoms with Crippen LogP contribution in [0.1, 0.15) is 17.8 Å². The highest BCUT2D eigenvalue weighted by Crippen LogP contribution is 2.25. The first-order valence-electron chi connectivity index (χ1n) is 8.67. The SMILES string of the molecule is O=C(NCCc1ccccc1Cl)C1CCn2c(nc3ccccc32)C1. The van der Waals surface area contributed by atoms with Gasteiger partial charge in [-0.25, -0.2) is 4.98 Å². The summed E-state index contributed by atoms with van der Waals surface area (Å²) in [4.78, 5) is 17.2. The number of para-hydroxylation sites is 2. The molecule has 1 aliphatic heterocycles. The Morgan fingerprint density at radius 3 is 2.88 bits per heavy atom. The molecule has 0 fully saturated rings. The van der Waals surface area contributed by atoms with Gasteiger partial charge in [-0.3, -0.25) is 4.79 Å². The van der Waals surface area contributed by atoms with Crippen molar-refractivity contribution >= 4 is 28.5 Å². The number of aryl methyl sites for hydroxylation is 1. The summed E-state index contributed by atoms with van der Waals surface area (Å²) < 4.78 is 2.24. The van der Waals surface area contributed by atoms with Crippen molar-refractivity contribution in [1.82, 2.24) is 14.9 Å². The fraction of sp³-hybridized carbons (Fsp3) is 0.300. The summed E-state index contributed by atoms with van der Waals surface area (Å²) in [6.45, 7) is 1.45. The predicted octanol–water partition coefficient (Wildman–Crippen LogP) is 3.61. The Hall–Kier alpha value is -2.33. The van der Waals surface area contributed by atoms with Crippen LogP contribution in [0.4, 0.5) is 0 Å². The van der Waals surface area contributed by atoms with Crippen molar-refractivity contribution < 1.29 is 4.79 Å². The Morgan fingerprint density at radius 2 is 2.00 bits per heavy atom. The Kier molecular flexibility index (Phi) is 4.45. The Morgan fingerprint density at radius 1 is 1.20 bits per heavy atom. The van der Waals surface area contributed by atoms with E-state index in [0.29, 0.717) is 13.0 Å². The van der Waals surface area contributed by atoms with Crippen LogP contribution < -0.4 is 5.32 Å². The number of fused-ring (bicyclic) bond motifs is 3. The van der Waals surface area contributed by atoms with Crippen molar-refractivity contribution in [2.24, 2.45) is 5.92 Å². The molecule has 1 aromatic heterocycles. The summed E-state index contributed by atoms with van der Waals surface area (Å²) in [6, 6.07) is 15.9. The molecular formula is C20H20ClN3O. The molecule has 1 amide bonds. The first kappa shape index (κ1) is 16.2.